The molecule has 0 radical (unpaired) electrons. The number of aromatic nitrogens is 1. The maximum absolute atomic E-state index is 11.7. The van der Waals surface area contributed by atoms with E-state index in [0.717, 1.165) is 16.5 Å². The van der Waals surface area contributed by atoms with Crippen molar-refractivity contribution in [1.82, 2.24) is 4.98 Å². The van der Waals surface area contributed by atoms with E-state index in [2.05, 4.69) is 4.98 Å². The lowest BCUT2D eigenvalue weighted by atomic mass is 10.1. The molecule has 1 heterocycles. The zero-order chi connectivity index (χ0) is 12.4. The second-order valence-electron chi connectivity index (χ2n) is 3.59. The lowest BCUT2D eigenvalue weighted by molar-refractivity contribution is 0.0519. The number of ether oxygens (including phenoxy) is 1. The SMILES string of the molecule is CCOC(=O)c1[nH]c2ccc(Cl)cc2c1CN. The van der Waals surface area contributed by atoms with Crippen LogP contribution in [0.5, 0.6) is 0 Å². The summed E-state index contributed by atoms with van der Waals surface area (Å²) in [6.07, 6.45) is 0. The van der Waals surface area contributed by atoms with Crippen molar-refractivity contribution < 1.29 is 9.53 Å². The van der Waals surface area contributed by atoms with E-state index in [1.807, 2.05) is 6.07 Å². The van der Waals surface area contributed by atoms with Gasteiger partial charge in [-0.2, -0.15) is 0 Å². The van der Waals surface area contributed by atoms with E-state index in [9.17, 15) is 4.79 Å². The van der Waals surface area contributed by atoms with E-state index in [-0.39, 0.29) is 12.5 Å². The molecule has 17 heavy (non-hydrogen) atoms. The molecule has 3 N–H and O–H groups in total. The minimum atomic E-state index is -0.389. The third-order valence-electron chi connectivity index (χ3n) is 2.55. The second-order valence-corrected chi connectivity index (χ2v) is 4.03. The average molecular weight is 253 g/mol. The molecule has 0 bridgehead atoms. The van der Waals surface area contributed by atoms with E-state index in [4.69, 9.17) is 22.1 Å². The average Bonchev–Trinajstić information content (AvgIpc) is 2.67. The molecular weight excluding hydrogens is 240 g/mol. The molecular formula is C12H13ClN2O2. The van der Waals surface area contributed by atoms with Gasteiger partial charge in [0, 0.05) is 28.0 Å². The van der Waals surface area contributed by atoms with E-state index in [1.165, 1.54) is 0 Å². The van der Waals surface area contributed by atoms with Gasteiger partial charge in [-0.25, -0.2) is 4.79 Å². The van der Waals surface area contributed by atoms with E-state index < -0.39 is 0 Å². The summed E-state index contributed by atoms with van der Waals surface area (Å²) in [5.74, 6) is -0.389. The second kappa shape index (κ2) is 4.77. The van der Waals surface area contributed by atoms with Crippen molar-refractivity contribution in [3.63, 3.8) is 0 Å². The smallest absolute Gasteiger partial charge is 0.355 e. The van der Waals surface area contributed by atoms with Crippen LogP contribution in [0.3, 0.4) is 0 Å². The van der Waals surface area contributed by atoms with E-state index in [0.29, 0.717) is 17.3 Å². The van der Waals surface area contributed by atoms with Gasteiger partial charge in [-0.3, -0.25) is 0 Å². The minimum absolute atomic E-state index is 0.258. The first-order valence-corrected chi connectivity index (χ1v) is 5.72. The first kappa shape index (κ1) is 12.0. The van der Waals surface area contributed by atoms with E-state index >= 15 is 0 Å². The van der Waals surface area contributed by atoms with Crippen LogP contribution >= 0.6 is 11.6 Å². The summed E-state index contributed by atoms with van der Waals surface area (Å²) >= 11 is 5.93. The summed E-state index contributed by atoms with van der Waals surface area (Å²) in [5.41, 5.74) is 7.65. The van der Waals surface area contributed by atoms with Gasteiger partial charge in [0.05, 0.1) is 6.61 Å². The van der Waals surface area contributed by atoms with Crippen molar-refractivity contribution in [2.45, 2.75) is 13.5 Å². The summed E-state index contributed by atoms with van der Waals surface area (Å²) in [6.45, 7) is 2.35. The molecule has 0 spiro atoms. The Morgan fingerprint density at radius 1 is 1.53 bits per heavy atom. The molecule has 0 aliphatic carbocycles. The molecule has 2 aromatic rings. The first-order valence-electron chi connectivity index (χ1n) is 5.34. The van der Waals surface area contributed by atoms with Crippen molar-refractivity contribution >= 4 is 28.5 Å². The fourth-order valence-corrected chi connectivity index (χ4v) is 1.98. The molecule has 0 unspecified atom stereocenters. The number of hydrogen-bond acceptors (Lipinski definition) is 3. The summed E-state index contributed by atoms with van der Waals surface area (Å²) < 4.78 is 4.97. The highest BCUT2D eigenvalue weighted by molar-refractivity contribution is 6.31. The predicted octanol–water partition coefficient (Wildman–Crippen LogP) is 2.46. The number of carbonyl (C=O) groups is 1. The molecule has 0 atom stereocenters. The van der Waals surface area contributed by atoms with Gasteiger partial charge in [-0.15, -0.1) is 0 Å². The predicted molar refractivity (Wildman–Crippen MR) is 67.2 cm³/mol. The van der Waals surface area contributed by atoms with Gasteiger partial charge in [-0.1, -0.05) is 11.6 Å². The number of rotatable bonds is 3. The topological polar surface area (TPSA) is 68.1 Å². The van der Waals surface area contributed by atoms with Gasteiger partial charge >= 0.3 is 5.97 Å². The number of halogens is 1. The van der Waals surface area contributed by atoms with Crippen molar-refractivity contribution in [1.29, 1.82) is 0 Å². The zero-order valence-corrected chi connectivity index (χ0v) is 10.2. The summed E-state index contributed by atoms with van der Waals surface area (Å²) in [4.78, 5) is 14.8. The van der Waals surface area contributed by atoms with Gasteiger partial charge in [0.2, 0.25) is 0 Å². The highest BCUT2D eigenvalue weighted by atomic mass is 35.5. The standard InChI is InChI=1S/C12H13ClN2O2/c1-2-17-12(16)11-9(6-14)8-5-7(13)3-4-10(8)15-11/h3-5,15H,2,6,14H2,1H3. The van der Waals surface area contributed by atoms with Gasteiger partial charge in [0.25, 0.3) is 0 Å². The lowest BCUT2D eigenvalue weighted by Crippen LogP contribution is -2.10. The number of esters is 1. The number of nitrogens with two attached hydrogens (primary N) is 1. The molecule has 0 amide bonds. The molecule has 1 aromatic heterocycles. The van der Waals surface area contributed by atoms with Crippen LogP contribution in [0.1, 0.15) is 23.0 Å². The minimum Gasteiger partial charge on any atom is -0.461 e. The Hall–Kier alpha value is -1.52. The van der Waals surface area contributed by atoms with Crippen LogP contribution in [0, 0.1) is 0 Å². The monoisotopic (exact) mass is 252 g/mol. The van der Waals surface area contributed by atoms with Crippen LogP contribution in [0.25, 0.3) is 10.9 Å². The Kier molecular flexibility index (Phi) is 3.36. The normalized spacial score (nSPS) is 10.8. The largest absolute Gasteiger partial charge is 0.461 e. The first-order chi connectivity index (χ1) is 8.17. The van der Waals surface area contributed by atoms with Crippen molar-refractivity contribution in [2.24, 2.45) is 5.73 Å². The fraction of sp³-hybridized carbons (Fsp3) is 0.250. The molecule has 2 rings (SSSR count). The van der Waals surface area contributed by atoms with Crippen LogP contribution in [0.15, 0.2) is 18.2 Å². The number of aromatic amines is 1. The molecule has 0 aliphatic heterocycles. The van der Waals surface area contributed by atoms with Crippen LogP contribution in [0.2, 0.25) is 5.02 Å². The number of fused-ring (bicyclic) bond motifs is 1. The third kappa shape index (κ3) is 2.14. The molecule has 0 saturated heterocycles. The third-order valence-corrected chi connectivity index (χ3v) is 2.79. The van der Waals surface area contributed by atoms with Gasteiger partial charge in [0.15, 0.2) is 0 Å². The Morgan fingerprint density at radius 3 is 2.94 bits per heavy atom. The zero-order valence-electron chi connectivity index (χ0n) is 9.42. The number of hydrogen-bond donors (Lipinski definition) is 2. The van der Waals surface area contributed by atoms with Crippen molar-refractivity contribution in [2.75, 3.05) is 6.61 Å². The number of carbonyl (C=O) groups excluding carboxylic acids is 1. The molecule has 90 valence electrons. The molecule has 0 fully saturated rings. The van der Waals surface area contributed by atoms with Crippen LogP contribution in [0.4, 0.5) is 0 Å². The summed E-state index contributed by atoms with van der Waals surface area (Å²) in [5, 5.41) is 1.48. The van der Waals surface area contributed by atoms with Crippen LogP contribution in [-0.4, -0.2) is 17.6 Å². The highest BCUT2D eigenvalue weighted by Gasteiger charge is 2.17. The maximum Gasteiger partial charge on any atom is 0.355 e. The molecule has 0 saturated carbocycles. The van der Waals surface area contributed by atoms with Gasteiger partial charge in [-0.05, 0) is 25.1 Å². The molecule has 5 heteroatoms. The summed E-state index contributed by atoms with van der Waals surface area (Å²) in [6, 6.07) is 5.37. The van der Waals surface area contributed by atoms with Crippen molar-refractivity contribution in [3.8, 4) is 0 Å². The van der Waals surface area contributed by atoms with E-state index in [1.54, 1.807) is 19.1 Å². The van der Waals surface area contributed by atoms with Crippen molar-refractivity contribution in [3.05, 3.63) is 34.5 Å². The molecule has 4 nitrogen and oxygen atoms in total. The molecule has 0 aliphatic rings. The van der Waals surface area contributed by atoms with Gasteiger partial charge in [0.1, 0.15) is 5.69 Å². The Labute approximate surface area is 104 Å². The van der Waals surface area contributed by atoms with Crippen LogP contribution in [-0.2, 0) is 11.3 Å². The molecule has 1 aromatic carbocycles. The van der Waals surface area contributed by atoms with Crippen LogP contribution < -0.4 is 5.73 Å². The number of benzene rings is 1. The maximum atomic E-state index is 11.7. The number of H-pyrrole nitrogens is 1. The Balaban J connectivity index is 2.60. The highest BCUT2D eigenvalue weighted by Crippen LogP contribution is 2.25. The summed E-state index contributed by atoms with van der Waals surface area (Å²) in [7, 11) is 0. The quantitative estimate of drug-likeness (QED) is 0.825. The fourth-order valence-electron chi connectivity index (χ4n) is 1.81. The Bertz CT molecular complexity index is 563. The Morgan fingerprint density at radius 2 is 2.29 bits per heavy atom. The lowest BCUT2D eigenvalue weighted by Gasteiger charge is -2.01. The number of nitrogens with one attached hydrogen (secondary N) is 1. The van der Waals surface area contributed by atoms with Gasteiger partial charge < -0.3 is 15.5 Å².